The summed E-state index contributed by atoms with van der Waals surface area (Å²) in [5.74, 6) is 0.614. The molecule has 12 rings (SSSR count). The lowest BCUT2D eigenvalue weighted by Crippen LogP contribution is -2.11. The van der Waals surface area contributed by atoms with Crippen molar-refractivity contribution in [3.8, 4) is 45.2 Å². The Morgan fingerprint density at radius 2 is 1.02 bits per heavy atom. The second-order valence-electron chi connectivity index (χ2n) is 14.3. The van der Waals surface area contributed by atoms with E-state index >= 15 is 0 Å². The van der Waals surface area contributed by atoms with Crippen LogP contribution >= 0.6 is 0 Å². The van der Waals surface area contributed by atoms with Crippen molar-refractivity contribution in [3.05, 3.63) is 194 Å². The van der Waals surface area contributed by atoms with Crippen LogP contribution in [0, 0.1) is 0 Å². The molecule has 4 heterocycles. The summed E-state index contributed by atoms with van der Waals surface area (Å²) in [6.07, 6.45) is 0. The Morgan fingerprint density at radius 3 is 1.80 bits per heavy atom. The van der Waals surface area contributed by atoms with E-state index in [0.717, 1.165) is 78.3 Å². The lowest BCUT2D eigenvalue weighted by Gasteiger charge is -2.27. The molecule has 0 amide bonds. The molecular formula is C51H32N4O. The molecule has 0 radical (unpaired) electrons. The van der Waals surface area contributed by atoms with Gasteiger partial charge in [-0.05, 0) is 78.9 Å². The number of aromatic nitrogens is 3. The maximum atomic E-state index is 6.68. The first-order valence-corrected chi connectivity index (χ1v) is 19.0. The fourth-order valence-electron chi connectivity index (χ4n) is 8.95. The van der Waals surface area contributed by atoms with E-state index in [0.29, 0.717) is 5.89 Å². The van der Waals surface area contributed by atoms with Crippen LogP contribution in [0.3, 0.4) is 0 Å². The highest BCUT2D eigenvalue weighted by atomic mass is 16.3. The van der Waals surface area contributed by atoms with Crippen LogP contribution < -0.4 is 4.90 Å². The average molecular weight is 717 g/mol. The van der Waals surface area contributed by atoms with Gasteiger partial charge in [0.1, 0.15) is 5.52 Å². The molecule has 0 fully saturated rings. The zero-order valence-corrected chi connectivity index (χ0v) is 30.2. The highest BCUT2D eigenvalue weighted by molar-refractivity contribution is 6.17. The molecule has 1 aliphatic rings. The van der Waals surface area contributed by atoms with Crippen molar-refractivity contribution in [1.29, 1.82) is 0 Å². The molecule has 0 atom stereocenters. The van der Waals surface area contributed by atoms with Crippen molar-refractivity contribution in [1.82, 2.24) is 14.1 Å². The second kappa shape index (κ2) is 11.9. The first-order valence-electron chi connectivity index (χ1n) is 19.0. The smallest absolute Gasteiger partial charge is 0.227 e. The molecule has 5 heteroatoms. The van der Waals surface area contributed by atoms with Crippen molar-refractivity contribution < 1.29 is 4.42 Å². The summed E-state index contributed by atoms with van der Waals surface area (Å²) >= 11 is 0. The molecule has 1 aliphatic heterocycles. The van der Waals surface area contributed by atoms with Crippen LogP contribution in [0.5, 0.6) is 0 Å². The zero-order chi connectivity index (χ0) is 36.7. The summed E-state index contributed by atoms with van der Waals surface area (Å²) in [5.41, 5.74) is 16.1. The van der Waals surface area contributed by atoms with Crippen LogP contribution in [0.4, 0.5) is 17.1 Å². The number of hydrogen-bond donors (Lipinski definition) is 0. The van der Waals surface area contributed by atoms with Gasteiger partial charge in [-0.2, -0.15) is 0 Å². The van der Waals surface area contributed by atoms with E-state index in [4.69, 9.17) is 9.40 Å². The van der Waals surface area contributed by atoms with Gasteiger partial charge >= 0.3 is 0 Å². The quantitative estimate of drug-likeness (QED) is 0.182. The lowest BCUT2D eigenvalue weighted by atomic mass is 9.98. The highest BCUT2D eigenvalue weighted by Crippen LogP contribution is 2.54. The topological polar surface area (TPSA) is 39.1 Å². The summed E-state index contributed by atoms with van der Waals surface area (Å²) in [6, 6.07) is 69.1. The summed E-state index contributed by atoms with van der Waals surface area (Å²) in [4.78, 5) is 7.37. The van der Waals surface area contributed by atoms with Gasteiger partial charge in [0.05, 0.1) is 33.6 Å². The zero-order valence-electron chi connectivity index (χ0n) is 30.2. The number of para-hydroxylation sites is 5. The van der Waals surface area contributed by atoms with E-state index in [1.165, 1.54) is 21.9 Å². The number of oxazole rings is 1. The number of rotatable bonds is 4. The number of benzene rings is 8. The predicted molar refractivity (Wildman–Crippen MR) is 230 cm³/mol. The van der Waals surface area contributed by atoms with Gasteiger partial charge in [-0.25, -0.2) is 4.98 Å². The Kier molecular flexibility index (Phi) is 6.56. The largest absolute Gasteiger partial charge is 0.434 e. The highest BCUT2D eigenvalue weighted by Gasteiger charge is 2.31. The molecule has 56 heavy (non-hydrogen) atoms. The Morgan fingerprint density at radius 1 is 0.429 bits per heavy atom. The van der Waals surface area contributed by atoms with E-state index < -0.39 is 0 Å². The molecular weight excluding hydrogens is 685 g/mol. The molecule has 0 bridgehead atoms. The first kappa shape index (κ1) is 30.8. The molecule has 5 nitrogen and oxygen atoms in total. The van der Waals surface area contributed by atoms with Gasteiger partial charge in [-0.1, -0.05) is 115 Å². The van der Waals surface area contributed by atoms with Crippen molar-refractivity contribution >= 4 is 60.9 Å². The number of anilines is 3. The molecule has 262 valence electrons. The fourth-order valence-corrected chi connectivity index (χ4v) is 8.95. The monoisotopic (exact) mass is 716 g/mol. The molecule has 0 saturated carbocycles. The normalized spacial score (nSPS) is 12.2. The lowest BCUT2D eigenvalue weighted by molar-refractivity contribution is 0.621. The van der Waals surface area contributed by atoms with Crippen LogP contribution in [0.25, 0.3) is 89.0 Å². The van der Waals surface area contributed by atoms with Crippen LogP contribution in [0.2, 0.25) is 0 Å². The minimum Gasteiger partial charge on any atom is -0.434 e. The van der Waals surface area contributed by atoms with Gasteiger partial charge in [0, 0.05) is 55.5 Å². The maximum absolute atomic E-state index is 6.68. The standard InChI is InChI=1S/C51H32N4O/c1-3-16-33(17-4-1)51-52-42-31-30-38-37-22-7-11-26-43(37)55(49(38)50(42)56-51)36-21-15-20-35(32-36)54-45-28-13-9-24-40(45)47-39-23-8-12-27-44(39)53(34-18-5-2-6-19-34)46-29-14-10-25-41(46)48(47)54/h1-32H. The minimum absolute atomic E-state index is 0.614. The van der Waals surface area contributed by atoms with E-state index in [-0.39, 0.29) is 0 Å². The van der Waals surface area contributed by atoms with Crippen LogP contribution in [0.15, 0.2) is 199 Å². The SMILES string of the molecule is c1ccc(-c2nc3ccc4c5ccccc5n(-c5cccc(-n6c7c(c8ccccc86)-c6ccccc6N(c6ccccc6)c6ccccc6-7)c5)c4c3o2)cc1. The molecule has 0 spiro atoms. The van der Waals surface area contributed by atoms with Gasteiger partial charge in [0.15, 0.2) is 5.58 Å². The van der Waals surface area contributed by atoms with Crippen molar-refractivity contribution in [2.45, 2.75) is 0 Å². The molecule has 3 aromatic heterocycles. The van der Waals surface area contributed by atoms with Crippen LogP contribution in [0.1, 0.15) is 0 Å². The van der Waals surface area contributed by atoms with Crippen molar-refractivity contribution in [2.24, 2.45) is 0 Å². The Balaban J connectivity index is 1.15. The molecule has 0 aliphatic carbocycles. The Bertz CT molecular complexity index is 3320. The van der Waals surface area contributed by atoms with Crippen molar-refractivity contribution in [3.63, 3.8) is 0 Å². The Labute approximate surface area is 322 Å². The summed E-state index contributed by atoms with van der Waals surface area (Å²) in [7, 11) is 0. The summed E-state index contributed by atoms with van der Waals surface area (Å²) < 4.78 is 11.5. The number of nitrogens with zero attached hydrogens (tertiary/aromatic N) is 4. The molecule has 11 aromatic rings. The van der Waals surface area contributed by atoms with E-state index in [1.807, 2.05) is 30.3 Å². The van der Waals surface area contributed by atoms with Crippen LogP contribution in [-0.2, 0) is 0 Å². The summed E-state index contributed by atoms with van der Waals surface area (Å²) in [6.45, 7) is 0. The van der Waals surface area contributed by atoms with Crippen LogP contribution in [-0.4, -0.2) is 14.1 Å². The molecule has 0 saturated heterocycles. The van der Waals surface area contributed by atoms with E-state index in [1.54, 1.807) is 0 Å². The fraction of sp³-hybridized carbons (Fsp3) is 0. The average Bonchev–Trinajstić information content (AvgIpc) is 3.93. The number of hydrogen-bond acceptors (Lipinski definition) is 3. The molecule has 0 unspecified atom stereocenters. The van der Waals surface area contributed by atoms with E-state index in [9.17, 15) is 0 Å². The Hall–Kier alpha value is -7.63. The van der Waals surface area contributed by atoms with E-state index in [2.05, 4.69) is 178 Å². The van der Waals surface area contributed by atoms with Crippen molar-refractivity contribution in [2.75, 3.05) is 4.90 Å². The first-order chi connectivity index (χ1) is 27.8. The van der Waals surface area contributed by atoms with Gasteiger partial charge in [-0.15, -0.1) is 0 Å². The third-order valence-electron chi connectivity index (χ3n) is 11.3. The number of fused-ring (bicyclic) bond motifs is 12. The maximum Gasteiger partial charge on any atom is 0.227 e. The van der Waals surface area contributed by atoms with Gasteiger partial charge in [-0.3, -0.25) is 0 Å². The predicted octanol–water partition coefficient (Wildman–Crippen LogP) is 13.7. The minimum atomic E-state index is 0.614. The third kappa shape index (κ3) is 4.39. The third-order valence-corrected chi connectivity index (χ3v) is 11.3. The molecule has 8 aromatic carbocycles. The van der Waals surface area contributed by atoms with Gasteiger partial charge < -0.3 is 18.5 Å². The van der Waals surface area contributed by atoms with Gasteiger partial charge in [0.2, 0.25) is 5.89 Å². The second-order valence-corrected chi connectivity index (χ2v) is 14.3. The molecule has 0 N–H and O–H groups in total. The van der Waals surface area contributed by atoms with Gasteiger partial charge in [0.25, 0.3) is 0 Å². The summed E-state index contributed by atoms with van der Waals surface area (Å²) in [5, 5.41) is 3.50.